The van der Waals surface area contributed by atoms with E-state index in [4.69, 9.17) is 4.74 Å². The second kappa shape index (κ2) is 10.9. The van der Waals surface area contributed by atoms with Gasteiger partial charge in [-0.25, -0.2) is 5.43 Å². The minimum atomic E-state index is -0.115. The van der Waals surface area contributed by atoms with Gasteiger partial charge in [0, 0.05) is 10.2 Å². The molecular weight excluding hydrogens is 400 g/mol. The molecule has 2 rings (SSSR count). The molecule has 0 unspecified atom stereocenters. The highest BCUT2D eigenvalue weighted by Crippen LogP contribution is 2.21. The zero-order chi connectivity index (χ0) is 17.9. The molecule has 25 heavy (non-hydrogen) atoms. The number of hydrogen-bond donors (Lipinski definition) is 1. The number of hydrogen-bond acceptors (Lipinski definition) is 4. The zero-order valence-corrected chi connectivity index (χ0v) is 16.5. The van der Waals surface area contributed by atoms with E-state index < -0.39 is 0 Å². The predicted octanol–water partition coefficient (Wildman–Crippen LogP) is 4.62. The van der Waals surface area contributed by atoms with Crippen molar-refractivity contribution in [2.45, 2.75) is 19.1 Å². The number of amides is 1. The first kappa shape index (κ1) is 19.5. The van der Waals surface area contributed by atoms with Crippen molar-refractivity contribution >= 4 is 39.8 Å². The lowest BCUT2D eigenvalue weighted by molar-refractivity contribution is -0.118. The average molecular weight is 421 g/mol. The summed E-state index contributed by atoms with van der Waals surface area (Å²) in [7, 11) is 0. The van der Waals surface area contributed by atoms with Gasteiger partial charge in [0.05, 0.1) is 18.6 Å². The van der Waals surface area contributed by atoms with Gasteiger partial charge in [-0.2, -0.15) is 5.10 Å². The van der Waals surface area contributed by atoms with Crippen LogP contribution in [0, 0.1) is 0 Å². The lowest BCUT2D eigenvalue weighted by Crippen LogP contribution is -2.19. The van der Waals surface area contributed by atoms with Crippen LogP contribution in [-0.4, -0.2) is 24.5 Å². The second-order valence-corrected chi connectivity index (χ2v) is 7.13. The number of hydrazone groups is 1. The van der Waals surface area contributed by atoms with Gasteiger partial charge < -0.3 is 4.74 Å². The Morgan fingerprint density at radius 3 is 2.72 bits per heavy atom. The van der Waals surface area contributed by atoms with Crippen LogP contribution in [0.25, 0.3) is 0 Å². The summed E-state index contributed by atoms with van der Waals surface area (Å²) < 4.78 is 6.58. The van der Waals surface area contributed by atoms with Crippen LogP contribution in [0.1, 0.15) is 24.5 Å². The molecule has 0 aliphatic carbocycles. The summed E-state index contributed by atoms with van der Waals surface area (Å²) in [5.41, 5.74) is 4.63. The number of thioether (sulfide) groups is 1. The van der Waals surface area contributed by atoms with Gasteiger partial charge in [-0.15, -0.1) is 11.8 Å². The van der Waals surface area contributed by atoms with Crippen LogP contribution in [0.4, 0.5) is 0 Å². The van der Waals surface area contributed by atoms with Gasteiger partial charge >= 0.3 is 0 Å². The fourth-order valence-electron chi connectivity index (χ4n) is 1.95. The summed E-state index contributed by atoms with van der Waals surface area (Å²) in [5, 5.41) is 3.99. The summed E-state index contributed by atoms with van der Waals surface area (Å²) in [5.74, 6) is 1.86. The molecular formula is C19H21BrN2O2S. The quantitative estimate of drug-likeness (QED) is 0.475. The molecule has 0 aliphatic heterocycles. The summed E-state index contributed by atoms with van der Waals surface area (Å²) >= 11 is 5.06. The van der Waals surface area contributed by atoms with Crippen molar-refractivity contribution < 1.29 is 9.53 Å². The summed E-state index contributed by atoms with van der Waals surface area (Å²) in [6.45, 7) is 2.78. The van der Waals surface area contributed by atoms with E-state index >= 15 is 0 Å². The van der Waals surface area contributed by atoms with Crippen LogP contribution < -0.4 is 10.2 Å². The van der Waals surface area contributed by atoms with E-state index in [9.17, 15) is 4.79 Å². The number of nitrogens with one attached hydrogen (secondary N) is 1. The SMILES string of the molecule is CCCOc1ccc(/C=N\NC(=O)CSCc2ccccc2Br)cc1. The molecule has 1 amide bonds. The van der Waals surface area contributed by atoms with Gasteiger partial charge in [0.1, 0.15) is 5.75 Å². The Labute approximate surface area is 161 Å². The maximum Gasteiger partial charge on any atom is 0.250 e. The highest BCUT2D eigenvalue weighted by atomic mass is 79.9. The standard InChI is InChI=1S/C19H21BrN2O2S/c1-2-11-24-17-9-7-15(8-10-17)12-21-22-19(23)14-25-13-16-5-3-4-6-18(16)20/h3-10,12H,2,11,13-14H2,1H3,(H,22,23)/b21-12-. The second-order valence-electron chi connectivity index (χ2n) is 5.29. The normalized spacial score (nSPS) is 10.8. The number of benzene rings is 2. The van der Waals surface area contributed by atoms with Crippen molar-refractivity contribution in [3.05, 3.63) is 64.1 Å². The van der Waals surface area contributed by atoms with Gasteiger partial charge in [0.25, 0.3) is 0 Å². The highest BCUT2D eigenvalue weighted by Gasteiger charge is 2.03. The number of carbonyl (C=O) groups is 1. The van der Waals surface area contributed by atoms with Crippen LogP contribution in [-0.2, 0) is 10.5 Å². The Morgan fingerprint density at radius 2 is 2.00 bits per heavy atom. The fraction of sp³-hybridized carbons (Fsp3) is 0.263. The first-order valence-corrected chi connectivity index (χ1v) is 9.99. The first-order valence-electron chi connectivity index (χ1n) is 8.05. The Kier molecular flexibility index (Phi) is 8.55. The molecule has 0 fully saturated rings. The molecule has 0 bridgehead atoms. The Bertz CT molecular complexity index is 705. The molecule has 0 aliphatic rings. The van der Waals surface area contributed by atoms with Crippen molar-refractivity contribution in [2.24, 2.45) is 5.10 Å². The maximum absolute atomic E-state index is 11.8. The minimum absolute atomic E-state index is 0.115. The fourth-order valence-corrected chi connectivity index (χ4v) is 3.38. The van der Waals surface area contributed by atoms with Gasteiger partial charge in [0.15, 0.2) is 0 Å². The van der Waals surface area contributed by atoms with Crippen molar-refractivity contribution in [3.63, 3.8) is 0 Å². The van der Waals surface area contributed by atoms with Crippen molar-refractivity contribution in [3.8, 4) is 5.75 Å². The topological polar surface area (TPSA) is 50.7 Å². The Balaban J connectivity index is 1.70. The van der Waals surface area contributed by atoms with Crippen molar-refractivity contribution in [2.75, 3.05) is 12.4 Å². The molecule has 0 aromatic heterocycles. The molecule has 1 N–H and O–H groups in total. The van der Waals surface area contributed by atoms with E-state index in [-0.39, 0.29) is 5.91 Å². The van der Waals surface area contributed by atoms with E-state index in [1.807, 2.05) is 48.5 Å². The van der Waals surface area contributed by atoms with E-state index in [0.29, 0.717) is 12.4 Å². The lowest BCUT2D eigenvalue weighted by Gasteiger charge is -2.04. The zero-order valence-electron chi connectivity index (χ0n) is 14.1. The number of carbonyl (C=O) groups excluding carboxylic acids is 1. The third kappa shape index (κ3) is 7.32. The van der Waals surface area contributed by atoms with Crippen molar-refractivity contribution in [1.29, 1.82) is 0 Å². The molecule has 2 aromatic carbocycles. The molecule has 0 radical (unpaired) electrons. The minimum Gasteiger partial charge on any atom is -0.494 e. The molecule has 0 saturated heterocycles. The molecule has 2 aromatic rings. The highest BCUT2D eigenvalue weighted by molar-refractivity contribution is 9.10. The van der Waals surface area contributed by atoms with Crippen LogP contribution in [0.15, 0.2) is 58.1 Å². The Hall–Kier alpha value is -1.79. The van der Waals surface area contributed by atoms with Gasteiger partial charge in [-0.05, 0) is 47.9 Å². The third-order valence-corrected chi connectivity index (χ3v) is 4.96. The molecule has 6 heteroatoms. The monoisotopic (exact) mass is 420 g/mol. The summed E-state index contributed by atoms with van der Waals surface area (Å²) in [6.07, 6.45) is 2.61. The van der Waals surface area contributed by atoms with Gasteiger partial charge in [0.2, 0.25) is 5.91 Å². The van der Waals surface area contributed by atoms with Crippen molar-refractivity contribution in [1.82, 2.24) is 5.43 Å². The molecule has 0 heterocycles. The van der Waals surface area contributed by atoms with E-state index in [0.717, 1.165) is 28.0 Å². The van der Waals surface area contributed by atoms with Gasteiger partial charge in [-0.3, -0.25) is 4.79 Å². The molecule has 132 valence electrons. The van der Waals surface area contributed by atoms with E-state index in [1.165, 1.54) is 5.56 Å². The number of halogens is 1. The van der Waals surface area contributed by atoms with Gasteiger partial charge in [-0.1, -0.05) is 41.1 Å². The first-order chi connectivity index (χ1) is 12.2. The lowest BCUT2D eigenvalue weighted by atomic mass is 10.2. The average Bonchev–Trinajstić information content (AvgIpc) is 2.63. The smallest absolute Gasteiger partial charge is 0.250 e. The van der Waals surface area contributed by atoms with Crippen LogP contribution >= 0.6 is 27.7 Å². The third-order valence-electron chi connectivity index (χ3n) is 3.20. The largest absolute Gasteiger partial charge is 0.494 e. The van der Waals surface area contributed by atoms with E-state index in [1.54, 1.807) is 18.0 Å². The molecule has 4 nitrogen and oxygen atoms in total. The van der Waals surface area contributed by atoms with E-state index in [2.05, 4.69) is 33.4 Å². The molecule has 0 atom stereocenters. The van der Waals surface area contributed by atoms with Crippen LogP contribution in [0.5, 0.6) is 5.75 Å². The molecule has 0 saturated carbocycles. The number of ether oxygens (including phenoxy) is 1. The maximum atomic E-state index is 11.8. The number of nitrogens with zero attached hydrogens (tertiary/aromatic N) is 1. The number of rotatable bonds is 9. The Morgan fingerprint density at radius 1 is 1.24 bits per heavy atom. The summed E-state index contributed by atoms with van der Waals surface area (Å²) in [4.78, 5) is 11.8. The molecule has 0 spiro atoms. The summed E-state index contributed by atoms with van der Waals surface area (Å²) in [6, 6.07) is 15.6. The predicted molar refractivity (Wildman–Crippen MR) is 108 cm³/mol. The van der Waals surface area contributed by atoms with Crippen LogP contribution in [0.3, 0.4) is 0 Å². The van der Waals surface area contributed by atoms with Crippen LogP contribution in [0.2, 0.25) is 0 Å².